The van der Waals surface area contributed by atoms with Gasteiger partial charge in [-0.2, -0.15) is 0 Å². The summed E-state index contributed by atoms with van der Waals surface area (Å²) < 4.78 is 14.0. The second-order valence-electron chi connectivity index (χ2n) is 6.38. The van der Waals surface area contributed by atoms with Gasteiger partial charge >= 0.3 is 0 Å². The van der Waals surface area contributed by atoms with Crippen molar-refractivity contribution in [2.75, 3.05) is 11.9 Å². The van der Waals surface area contributed by atoms with E-state index in [1.807, 2.05) is 12.1 Å². The molecule has 1 heterocycles. The Labute approximate surface area is 160 Å². The Hall–Kier alpha value is -1.60. The molecule has 1 saturated carbocycles. The molecule has 0 aliphatic heterocycles. The molecule has 0 atom stereocenters. The highest BCUT2D eigenvalue weighted by Crippen LogP contribution is 2.39. The lowest BCUT2D eigenvalue weighted by molar-refractivity contribution is 0.292. The molecule has 2 N–H and O–H groups in total. The largest absolute Gasteiger partial charge is 0.362 e. The van der Waals surface area contributed by atoms with Crippen LogP contribution in [0.1, 0.15) is 37.7 Å². The number of rotatable bonds is 4. The minimum Gasteiger partial charge on any atom is -0.362 e. The topological polar surface area (TPSA) is 49.8 Å². The van der Waals surface area contributed by atoms with Crippen molar-refractivity contribution >= 4 is 39.1 Å². The highest BCUT2D eigenvalue weighted by atomic mass is 79.9. The average molecular weight is 423 g/mol. The first-order valence-corrected chi connectivity index (χ1v) is 9.56. The second-order valence-corrected chi connectivity index (χ2v) is 7.60. The van der Waals surface area contributed by atoms with E-state index in [9.17, 15) is 4.39 Å². The third-order valence-electron chi connectivity index (χ3n) is 4.72. The van der Waals surface area contributed by atoms with Crippen molar-refractivity contribution in [1.29, 1.82) is 0 Å². The standard InChI is InChI=1S/C18H20BrFN4S/c19-15-10-22-16(11-21-15)24-17(25)23-12-18(8-2-1-3-9-18)13-4-6-14(20)7-5-13/h4-7,10-11H,1-3,8-9,12H2,(H2,22,23,24,25). The zero-order chi connectivity index (χ0) is 17.7. The maximum Gasteiger partial charge on any atom is 0.172 e. The molecule has 132 valence electrons. The Morgan fingerprint density at radius 3 is 2.48 bits per heavy atom. The van der Waals surface area contributed by atoms with Gasteiger partial charge < -0.3 is 10.6 Å². The van der Waals surface area contributed by atoms with E-state index in [-0.39, 0.29) is 11.2 Å². The summed E-state index contributed by atoms with van der Waals surface area (Å²) in [6.07, 6.45) is 8.99. The molecule has 7 heteroatoms. The molecule has 0 spiro atoms. The average Bonchev–Trinajstić information content (AvgIpc) is 2.63. The Balaban J connectivity index is 1.67. The van der Waals surface area contributed by atoms with E-state index in [1.54, 1.807) is 24.5 Å². The van der Waals surface area contributed by atoms with Crippen LogP contribution in [-0.4, -0.2) is 21.6 Å². The molecule has 3 rings (SSSR count). The van der Waals surface area contributed by atoms with Crippen molar-refractivity contribution in [3.63, 3.8) is 0 Å². The first kappa shape index (κ1) is 18.2. The molecule has 25 heavy (non-hydrogen) atoms. The number of halogens is 2. The van der Waals surface area contributed by atoms with Crippen LogP contribution in [0.2, 0.25) is 0 Å². The maximum absolute atomic E-state index is 13.3. The fraction of sp³-hybridized carbons (Fsp3) is 0.389. The third kappa shape index (κ3) is 4.73. The highest BCUT2D eigenvalue weighted by Gasteiger charge is 2.33. The fourth-order valence-electron chi connectivity index (χ4n) is 3.39. The molecule has 1 fully saturated rings. The van der Waals surface area contributed by atoms with E-state index in [4.69, 9.17) is 12.2 Å². The van der Waals surface area contributed by atoms with Gasteiger partial charge in [0.25, 0.3) is 0 Å². The molecule has 0 radical (unpaired) electrons. The molecular formula is C18H20BrFN4S. The zero-order valence-corrected chi connectivity index (χ0v) is 16.2. The van der Waals surface area contributed by atoms with E-state index in [2.05, 4.69) is 36.5 Å². The summed E-state index contributed by atoms with van der Waals surface area (Å²) in [5.74, 6) is 0.397. The predicted molar refractivity (Wildman–Crippen MR) is 105 cm³/mol. The normalized spacial score (nSPS) is 16.2. The lowest BCUT2D eigenvalue weighted by atomic mass is 9.69. The van der Waals surface area contributed by atoms with Crippen LogP contribution in [0.5, 0.6) is 0 Å². The van der Waals surface area contributed by atoms with Crippen LogP contribution in [0, 0.1) is 5.82 Å². The quantitative estimate of drug-likeness (QED) is 0.706. The second kappa shape index (κ2) is 8.19. The summed E-state index contributed by atoms with van der Waals surface area (Å²) in [7, 11) is 0. The molecule has 4 nitrogen and oxygen atoms in total. The number of thiocarbonyl (C=S) groups is 1. The number of hydrogen-bond acceptors (Lipinski definition) is 3. The molecule has 1 aliphatic carbocycles. The monoisotopic (exact) mass is 422 g/mol. The van der Waals surface area contributed by atoms with Gasteiger partial charge in [-0.1, -0.05) is 31.4 Å². The maximum atomic E-state index is 13.3. The van der Waals surface area contributed by atoms with E-state index in [0.717, 1.165) is 12.8 Å². The van der Waals surface area contributed by atoms with E-state index >= 15 is 0 Å². The van der Waals surface area contributed by atoms with E-state index in [0.29, 0.717) is 22.1 Å². The highest BCUT2D eigenvalue weighted by molar-refractivity contribution is 9.10. The number of aromatic nitrogens is 2. The lowest BCUT2D eigenvalue weighted by Crippen LogP contribution is -2.43. The molecule has 0 amide bonds. The van der Waals surface area contributed by atoms with Crippen molar-refractivity contribution in [2.24, 2.45) is 0 Å². The summed E-state index contributed by atoms with van der Waals surface area (Å²) >= 11 is 8.65. The molecule has 0 saturated heterocycles. The number of benzene rings is 1. The van der Waals surface area contributed by atoms with Crippen molar-refractivity contribution < 1.29 is 4.39 Å². The minimum atomic E-state index is -0.200. The molecule has 2 aromatic rings. The summed E-state index contributed by atoms with van der Waals surface area (Å²) in [5.41, 5.74) is 1.16. The van der Waals surface area contributed by atoms with Crippen LogP contribution in [0.15, 0.2) is 41.3 Å². The number of nitrogens with one attached hydrogen (secondary N) is 2. The SMILES string of the molecule is Fc1ccc(C2(CNC(=S)Nc3cnc(Br)cn3)CCCCC2)cc1. The lowest BCUT2D eigenvalue weighted by Gasteiger charge is -2.38. The molecule has 1 aliphatic rings. The smallest absolute Gasteiger partial charge is 0.172 e. The van der Waals surface area contributed by atoms with Crippen molar-refractivity contribution in [3.8, 4) is 0 Å². The fourth-order valence-corrected chi connectivity index (χ4v) is 3.77. The molecule has 0 unspecified atom stereocenters. The molecule has 1 aromatic heterocycles. The van der Waals surface area contributed by atoms with Crippen LogP contribution in [-0.2, 0) is 5.41 Å². The minimum absolute atomic E-state index is 0.0108. The molecular weight excluding hydrogens is 403 g/mol. The van der Waals surface area contributed by atoms with Crippen LogP contribution in [0.3, 0.4) is 0 Å². The Bertz CT molecular complexity index is 715. The number of anilines is 1. The Morgan fingerprint density at radius 2 is 1.84 bits per heavy atom. The summed E-state index contributed by atoms with van der Waals surface area (Å²) in [4.78, 5) is 8.33. The first-order chi connectivity index (χ1) is 12.1. The molecule has 1 aromatic carbocycles. The first-order valence-electron chi connectivity index (χ1n) is 8.36. The summed E-state index contributed by atoms with van der Waals surface area (Å²) in [6.45, 7) is 0.717. The molecule has 0 bridgehead atoms. The summed E-state index contributed by atoms with van der Waals surface area (Å²) in [6, 6.07) is 6.89. The van der Waals surface area contributed by atoms with E-state index < -0.39 is 0 Å². The predicted octanol–water partition coefficient (Wildman–Crippen LogP) is 4.57. The van der Waals surface area contributed by atoms with Gasteiger partial charge in [0.05, 0.1) is 12.4 Å². The Kier molecular flexibility index (Phi) is 5.96. The number of hydrogen-bond donors (Lipinski definition) is 2. The van der Waals surface area contributed by atoms with Crippen LogP contribution in [0.25, 0.3) is 0 Å². The van der Waals surface area contributed by atoms with Gasteiger partial charge in [-0.15, -0.1) is 0 Å². The van der Waals surface area contributed by atoms with Gasteiger partial charge in [0.2, 0.25) is 0 Å². The van der Waals surface area contributed by atoms with Gasteiger partial charge in [-0.3, -0.25) is 0 Å². The number of nitrogens with zero attached hydrogens (tertiary/aromatic N) is 2. The third-order valence-corrected chi connectivity index (χ3v) is 5.37. The van der Waals surface area contributed by atoms with E-state index in [1.165, 1.54) is 24.8 Å². The van der Waals surface area contributed by atoms with Crippen LogP contribution >= 0.6 is 28.1 Å². The van der Waals surface area contributed by atoms with Gasteiger partial charge in [-0.05, 0) is 58.7 Å². The van der Waals surface area contributed by atoms with Crippen LogP contribution < -0.4 is 10.6 Å². The van der Waals surface area contributed by atoms with Gasteiger partial charge in [0, 0.05) is 12.0 Å². The van der Waals surface area contributed by atoms with Crippen molar-refractivity contribution in [3.05, 3.63) is 52.6 Å². The van der Waals surface area contributed by atoms with Gasteiger partial charge in [0.1, 0.15) is 10.4 Å². The van der Waals surface area contributed by atoms with Gasteiger partial charge in [-0.25, -0.2) is 14.4 Å². The Morgan fingerprint density at radius 1 is 1.12 bits per heavy atom. The zero-order valence-electron chi connectivity index (χ0n) is 13.8. The van der Waals surface area contributed by atoms with Crippen molar-refractivity contribution in [1.82, 2.24) is 15.3 Å². The van der Waals surface area contributed by atoms with Crippen molar-refractivity contribution in [2.45, 2.75) is 37.5 Å². The van der Waals surface area contributed by atoms with Crippen LogP contribution in [0.4, 0.5) is 10.2 Å². The summed E-state index contributed by atoms with van der Waals surface area (Å²) in [5, 5.41) is 6.89. The van der Waals surface area contributed by atoms with Gasteiger partial charge in [0.15, 0.2) is 10.9 Å².